The van der Waals surface area contributed by atoms with Crippen molar-refractivity contribution in [1.29, 1.82) is 0 Å². The molecule has 7 heteroatoms. The molecule has 0 aliphatic rings. The van der Waals surface area contributed by atoms with E-state index in [2.05, 4.69) is 4.18 Å². The molecule has 0 bridgehead atoms. The van der Waals surface area contributed by atoms with E-state index < -0.39 is 22.0 Å². The smallest absolute Gasteiger partial charge is 0.312 e. The topological polar surface area (TPSA) is 107 Å². The van der Waals surface area contributed by atoms with Gasteiger partial charge in [0.15, 0.2) is 0 Å². The number of carbonyl (C=O) groups is 1. The Kier molecular flexibility index (Phi) is 4.08. The summed E-state index contributed by atoms with van der Waals surface area (Å²) in [5.74, 6) is -1.69. The maximum Gasteiger partial charge on any atom is 0.312 e. The SMILES string of the molecule is CS(=O)(=O)Oc1ccc(C(CN)C(=O)O)cc1. The second kappa shape index (κ2) is 5.15. The van der Waals surface area contributed by atoms with Crippen LogP contribution in [0.25, 0.3) is 0 Å². The van der Waals surface area contributed by atoms with Crippen molar-refractivity contribution in [2.75, 3.05) is 12.8 Å². The summed E-state index contributed by atoms with van der Waals surface area (Å²) in [6.07, 6.45) is 0.931. The minimum absolute atomic E-state index is 0.0262. The van der Waals surface area contributed by atoms with Crippen molar-refractivity contribution in [1.82, 2.24) is 0 Å². The van der Waals surface area contributed by atoms with E-state index in [1.165, 1.54) is 24.3 Å². The third-order valence-electron chi connectivity index (χ3n) is 2.06. The standard InChI is InChI=1S/C10H13NO5S/c1-17(14,15)16-8-4-2-7(3-5-8)9(6-11)10(12)13/h2-5,9H,6,11H2,1H3,(H,12,13). The van der Waals surface area contributed by atoms with E-state index >= 15 is 0 Å². The van der Waals surface area contributed by atoms with Gasteiger partial charge in [0.05, 0.1) is 12.2 Å². The van der Waals surface area contributed by atoms with E-state index in [9.17, 15) is 13.2 Å². The summed E-state index contributed by atoms with van der Waals surface area (Å²) in [6.45, 7) is -0.0262. The molecule has 0 radical (unpaired) electrons. The fourth-order valence-electron chi connectivity index (χ4n) is 1.31. The Morgan fingerprint density at radius 3 is 2.29 bits per heavy atom. The zero-order valence-corrected chi connectivity index (χ0v) is 9.98. The summed E-state index contributed by atoms with van der Waals surface area (Å²) in [5, 5.41) is 8.88. The first kappa shape index (κ1) is 13.5. The molecule has 1 aromatic carbocycles. The van der Waals surface area contributed by atoms with Crippen molar-refractivity contribution < 1.29 is 22.5 Å². The molecule has 1 atom stereocenters. The average Bonchev–Trinajstić information content (AvgIpc) is 2.18. The van der Waals surface area contributed by atoms with Crippen molar-refractivity contribution in [3.05, 3.63) is 29.8 Å². The minimum atomic E-state index is -3.57. The highest BCUT2D eigenvalue weighted by Gasteiger charge is 2.17. The second-order valence-corrected chi connectivity index (χ2v) is 5.06. The fraction of sp³-hybridized carbons (Fsp3) is 0.300. The number of nitrogens with two attached hydrogens (primary N) is 1. The summed E-state index contributed by atoms with van der Waals surface area (Å²) in [5.41, 5.74) is 5.84. The second-order valence-electron chi connectivity index (χ2n) is 3.48. The average molecular weight is 259 g/mol. The lowest BCUT2D eigenvalue weighted by Gasteiger charge is -2.10. The van der Waals surface area contributed by atoms with E-state index in [1.807, 2.05) is 0 Å². The summed E-state index contributed by atoms with van der Waals surface area (Å²) in [6, 6.07) is 5.74. The molecule has 0 fully saturated rings. The van der Waals surface area contributed by atoms with Gasteiger partial charge in [0.25, 0.3) is 0 Å². The maximum atomic E-state index is 10.8. The van der Waals surface area contributed by atoms with E-state index in [4.69, 9.17) is 10.8 Å². The lowest BCUT2D eigenvalue weighted by Crippen LogP contribution is -2.21. The monoisotopic (exact) mass is 259 g/mol. The molecule has 0 heterocycles. The van der Waals surface area contributed by atoms with Crippen molar-refractivity contribution >= 4 is 16.1 Å². The van der Waals surface area contributed by atoms with E-state index in [1.54, 1.807) is 0 Å². The zero-order valence-electron chi connectivity index (χ0n) is 9.16. The first-order valence-corrected chi connectivity index (χ1v) is 6.57. The van der Waals surface area contributed by atoms with Gasteiger partial charge in [-0.1, -0.05) is 12.1 Å². The maximum absolute atomic E-state index is 10.8. The van der Waals surface area contributed by atoms with Crippen LogP contribution in [0.2, 0.25) is 0 Å². The molecule has 0 saturated heterocycles. The van der Waals surface area contributed by atoms with Crippen LogP contribution in [0.5, 0.6) is 5.75 Å². The highest BCUT2D eigenvalue weighted by molar-refractivity contribution is 7.86. The van der Waals surface area contributed by atoms with Crippen LogP contribution in [0.15, 0.2) is 24.3 Å². The Labute approximate surface area is 99.1 Å². The fourth-order valence-corrected chi connectivity index (χ4v) is 1.77. The number of rotatable bonds is 5. The van der Waals surface area contributed by atoms with Crippen molar-refractivity contribution in [3.8, 4) is 5.75 Å². The molecule has 1 rings (SSSR count). The minimum Gasteiger partial charge on any atom is -0.481 e. The van der Waals surface area contributed by atoms with Crippen molar-refractivity contribution in [2.45, 2.75) is 5.92 Å². The molecule has 1 unspecified atom stereocenters. The van der Waals surface area contributed by atoms with Crippen LogP contribution in [0, 0.1) is 0 Å². The lowest BCUT2D eigenvalue weighted by atomic mass is 10.00. The third kappa shape index (κ3) is 4.04. The van der Waals surface area contributed by atoms with Crippen LogP contribution in [0.3, 0.4) is 0 Å². The Hall–Kier alpha value is -1.60. The summed E-state index contributed by atoms with van der Waals surface area (Å²) < 4.78 is 26.3. The van der Waals surface area contributed by atoms with Gasteiger partial charge >= 0.3 is 16.1 Å². The predicted octanol–water partition coefficient (Wildman–Crippen LogP) is 0.152. The molecule has 3 N–H and O–H groups in total. The first-order chi connectivity index (χ1) is 7.83. The molecule has 6 nitrogen and oxygen atoms in total. The van der Waals surface area contributed by atoms with Crippen LogP contribution in [0.1, 0.15) is 11.5 Å². The lowest BCUT2D eigenvalue weighted by molar-refractivity contribution is -0.138. The van der Waals surface area contributed by atoms with Gasteiger partial charge in [-0.2, -0.15) is 8.42 Å². The quantitative estimate of drug-likeness (QED) is 0.729. The molecule has 1 aromatic rings. The highest BCUT2D eigenvalue weighted by atomic mass is 32.2. The van der Waals surface area contributed by atoms with Gasteiger partial charge in [0.1, 0.15) is 5.75 Å². The number of hydrogen-bond donors (Lipinski definition) is 2. The molecule has 0 amide bonds. The molecule has 0 aromatic heterocycles. The van der Waals surface area contributed by atoms with Crippen molar-refractivity contribution in [2.24, 2.45) is 5.73 Å². The molecular weight excluding hydrogens is 246 g/mol. The van der Waals surface area contributed by atoms with E-state index in [0.29, 0.717) is 5.56 Å². The number of carboxylic acids is 1. The van der Waals surface area contributed by atoms with Gasteiger partial charge in [-0.3, -0.25) is 4.79 Å². The number of aliphatic carboxylic acids is 1. The first-order valence-electron chi connectivity index (χ1n) is 4.76. The molecule has 0 saturated carbocycles. The molecule has 0 spiro atoms. The summed E-state index contributed by atoms with van der Waals surface area (Å²) >= 11 is 0. The Morgan fingerprint density at radius 1 is 1.41 bits per heavy atom. The van der Waals surface area contributed by atoms with Crippen LogP contribution >= 0.6 is 0 Å². The van der Waals surface area contributed by atoms with Gasteiger partial charge in [-0.05, 0) is 17.7 Å². The van der Waals surface area contributed by atoms with Gasteiger partial charge in [-0.15, -0.1) is 0 Å². The summed E-state index contributed by atoms with van der Waals surface area (Å²) in [7, 11) is -3.57. The van der Waals surface area contributed by atoms with Crippen molar-refractivity contribution in [3.63, 3.8) is 0 Å². The molecule has 94 valence electrons. The normalized spacial score (nSPS) is 13.1. The predicted molar refractivity (Wildman–Crippen MR) is 61.3 cm³/mol. The molecule has 0 aliphatic heterocycles. The van der Waals surface area contributed by atoms with Crippen LogP contribution in [0.4, 0.5) is 0 Å². The Balaban J connectivity index is 2.91. The van der Waals surface area contributed by atoms with E-state index in [-0.39, 0.29) is 12.3 Å². The van der Waals surface area contributed by atoms with Gasteiger partial charge < -0.3 is 15.0 Å². The Morgan fingerprint density at radius 2 is 1.94 bits per heavy atom. The molecular formula is C10H13NO5S. The van der Waals surface area contributed by atoms with Gasteiger partial charge in [0.2, 0.25) is 0 Å². The Bertz CT molecular complexity index is 494. The third-order valence-corrected chi connectivity index (χ3v) is 2.56. The van der Waals surface area contributed by atoms with Crippen LogP contribution in [-0.4, -0.2) is 32.3 Å². The zero-order chi connectivity index (χ0) is 13.1. The molecule has 0 aliphatic carbocycles. The van der Waals surface area contributed by atoms with Crippen LogP contribution < -0.4 is 9.92 Å². The molecule has 17 heavy (non-hydrogen) atoms. The highest BCUT2D eigenvalue weighted by Crippen LogP contribution is 2.20. The van der Waals surface area contributed by atoms with Gasteiger partial charge in [-0.25, -0.2) is 0 Å². The van der Waals surface area contributed by atoms with E-state index in [0.717, 1.165) is 6.26 Å². The number of carboxylic acid groups (broad SMARTS) is 1. The number of hydrogen-bond acceptors (Lipinski definition) is 5. The summed E-state index contributed by atoms with van der Waals surface area (Å²) in [4.78, 5) is 10.8. The van der Waals surface area contributed by atoms with Gasteiger partial charge in [0, 0.05) is 6.54 Å². The largest absolute Gasteiger partial charge is 0.481 e. The van der Waals surface area contributed by atoms with Crippen LogP contribution in [-0.2, 0) is 14.9 Å². The number of benzene rings is 1.